The molecule has 1 aromatic carbocycles. The second-order valence-corrected chi connectivity index (χ2v) is 2.68. The average molecular weight is 174 g/mol. The summed E-state index contributed by atoms with van der Waals surface area (Å²) in [6.45, 7) is 2.13. The summed E-state index contributed by atoms with van der Waals surface area (Å²) in [5, 5.41) is 0. The van der Waals surface area contributed by atoms with Gasteiger partial charge in [0.25, 0.3) is 0 Å². The number of benzene rings is 1. The zero-order chi connectivity index (χ0) is 9.52. The Morgan fingerprint density at radius 2 is 2.00 bits per heavy atom. The zero-order valence-corrected chi connectivity index (χ0v) is 7.77. The van der Waals surface area contributed by atoms with Gasteiger partial charge in [0.05, 0.1) is 5.69 Å². The SMILES string of the molecule is CCc1ccc(N=CC=CN)cc1. The van der Waals surface area contributed by atoms with Gasteiger partial charge >= 0.3 is 0 Å². The van der Waals surface area contributed by atoms with Gasteiger partial charge in [0.15, 0.2) is 0 Å². The van der Waals surface area contributed by atoms with Crippen LogP contribution in [0.4, 0.5) is 5.69 Å². The van der Waals surface area contributed by atoms with Gasteiger partial charge in [0.1, 0.15) is 0 Å². The van der Waals surface area contributed by atoms with Crippen LogP contribution >= 0.6 is 0 Å². The van der Waals surface area contributed by atoms with E-state index in [9.17, 15) is 0 Å². The standard InChI is InChI=1S/C11H14N2/c1-2-10-4-6-11(7-5-10)13-9-3-8-12/h3-9H,2,12H2,1H3. The normalized spacial score (nSPS) is 11.5. The third-order valence-electron chi connectivity index (χ3n) is 1.77. The van der Waals surface area contributed by atoms with Crippen LogP contribution in [-0.2, 0) is 6.42 Å². The maximum Gasteiger partial charge on any atom is 0.0629 e. The van der Waals surface area contributed by atoms with E-state index in [1.807, 2.05) is 12.1 Å². The van der Waals surface area contributed by atoms with Crippen LogP contribution < -0.4 is 5.73 Å². The van der Waals surface area contributed by atoms with E-state index >= 15 is 0 Å². The Bertz CT molecular complexity index is 296. The predicted octanol–water partition coefficient (Wildman–Crippen LogP) is 2.42. The lowest BCUT2D eigenvalue weighted by atomic mass is 10.2. The predicted molar refractivity (Wildman–Crippen MR) is 57.3 cm³/mol. The van der Waals surface area contributed by atoms with Crippen molar-refractivity contribution in [3.63, 3.8) is 0 Å². The minimum atomic E-state index is 0.954. The van der Waals surface area contributed by atoms with Crippen molar-refractivity contribution in [3.05, 3.63) is 42.1 Å². The van der Waals surface area contributed by atoms with Crippen molar-refractivity contribution in [2.75, 3.05) is 0 Å². The molecule has 0 aliphatic rings. The maximum atomic E-state index is 5.17. The van der Waals surface area contributed by atoms with Gasteiger partial charge in [-0.2, -0.15) is 0 Å². The van der Waals surface area contributed by atoms with E-state index in [4.69, 9.17) is 5.73 Å². The molecule has 0 aliphatic heterocycles. The minimum Gasteiger partial charge on any atom is -0.405 e. The molecule has 2 N–H and O–H groups in total. The summed E-state index contributed by atoms with van der Waals surface area (Å²) in [6.07, 6.45) is 5.91. The molecule has 0 unspecified atom stereocenters. The highest BCUT2D eigenvalue weighted by Gasteiger charge is 1.88. The molecule has 0 bridgehead atoms. The minimum absolute atomic E-state index is 0.954. The third kappa shape index (κ3) is 3.11. The first-order valence-corrected chi connectivity index (χ1v) is 4.36. The van der Waals surface area contributed by atoms with E-state index in [1.54, 1.807) is 12.3 Å². The maximum absolute atomic E-state index is 5.17. The van der Waals surface area contributed by atoms with Gasteiger partial charge in [-0.05, 0) is 36.4 Å². The monoisotopic (exact) mass is 174 g/mol. The quantitative estimate of drug-likeness (QED) is 0.702. The van der Waals surface area contributed by atoms with E-state index < -0.39 is 0 Å². The molecule has 2 nitrogen and oxygen atoms in total. The van der Waals surface area contributed by atoms with E-state index in [-0.39, 0.29) is 0 Å². The molecule has 2 heteroatoms. The lowest BCUT2D eigenvalue weighted by Gasteiger charge is -1.95. The molecule has 0 spiro atoms. The molecule has 0 saturated carbocycles. The van der Waals surface area contributed by atoms with E-state index in [0.717, 1.165) is 12.1 Å². The van der Waals surface area contributed by atoms with Gasteiger partial charge in [-0.3, -0.25) is 4.99 Å². The molecule has 0 aromatic heterocycles. The van der Waals surface area contributed by atoms with Gasteiger partial charge < -0.3 is 5.73 Å². The van der Waals surface area contributed by atoms with Gasteiger partial charge in [-0.15, -0.1) is 0 Å². The molecule has 0 aliphatic carbocycles. The van der Waals surface area contributed by atoms with Crippen LogP contribution in [0.25, 0.3) is 0 Å². The molecule has 0 amide bonds. The summed E-state index contributed by atoms with van der Waals surface area (Å²) in [5.74, 6) is 0. The zero-order valence-electron chi connectivity index (χ0n) is 7.77. The van der Waals surface area contributed by atoms with Crippen LogP contribution in [0.2, 0.25) is 0 Å². The summed E-state index contributed by atoms with van der Waals surface area (Å²) in [5.41, 5.74) is 7.45. The topological polar surface area (TPSA) is 38.4 Å². The fourth-order valence-electron chi connectivity index (χ4n) is 0.997. The molecular weight excluding hydrogens is 160 g/mol. The van der Waals surface area contributed by atoms with E-state index in [1.165, 1.54) is 11.8 Å². The average Bonchev–Trinajstić information content (AvgIpc) is 2.19. The number of nitrogens with zero attached hydrogens (tertiary/aromatic N) is 1. The number of allylic oxidation sites excluding steroid dienone is 1. The van der Waals surface area contributed by atoms with E-state index in [0.29, 0.717) is 0 Å². The Morgan fingerprint density at radius 3 is 2.54 bits per heavy atom. The Hall–Kier alpha value is -1.57. The second-order valence-electron chi connectivity index (χ2n) is 2.68. The Balaban J connectivity index is 2.69. The van der Waals surface area contributed by atoms with Crippen molar-refractivity contribution in [1.82, 2.24) is 0 Å². The first kappa shape index (κ1) is 9.52. The number of aliphatic imine (C=N–C) groups is 1. The lowest BCUT2D eigenvalue weighted by Crippen LogP contribution is -1.78. The summed E-state index contributed by atoms with van der Waals surface area (Å²) >= 11 is 0. The highest BCUT2D eigenvalue weighted by atomic mass is 14.7. The van der Waals surface area contributed by atoms with Crippen molar-refractivity contribution in [3.8, 4) is 0 Å². The fourth-order valence-corrected chi connectivity index (χ4v) is 0.997. The highest BCUT2D eigenvalue weighted by Crippen LogP contribution is 2.12. The van der Waals surface area contributed by atoms with Crippen LogP contribution in [0.15, 0.2) is 41.5 Å². The molecule has 13 heavy (non-hydrogen) atoms. The van der Waals surface area contributed by atoms with Crippen molar-refractivity contribution in [1.29, 1.82) is 0 Å². The van der Waals surface area contributed by atoms with Crippen molar-refractivity contribution >= 4 is 11.9 Å². The lowest BCUT2D eigenvalue weighted by molar-refractivity contribution is 1.14. The third-order valence-corrected chi connectivity index (χ3v) is 1.77. The molecule has 1 rings (SSSR count). The number of rotatable bonds is 3. The van der Waals surface area contributed by atoms with Crippen molar-refractivity contribution < 1.29 is 0 Å². The van der Waals surface area contributed by atoms with Gasteiger partial charge in [0, 0.05) is 6.21 Å². The number of hydrogen-bond acceptors (Lipinski definition) is 2. The van der Waals surface area contributed by atoms with Crippen LogP contribution in [0.5, 0.6) is 0 Å². The Morgan fingerprint density at radius 1 is 1.31 bits per heavy atom. The smallest absolute Gasteiger partial charge is 0.0629 e. The van der Waals surface area contributed by atoms with Crippen LogP contribution in [0, 0.1) is 0 Å². The first-order chi connectivity index (χ1) is 6.36. The molecule has 0 atom stereocenters. The molecule has 1 aromatic rings. The van der Waals surface area contributed by atoms with Gasteiger partial charge in [-0.25, -0.2) is 0 Å². The highest BCUT2D eigenvalue weighted by molar-refractivity contribution is 5.74. The number of hydrogen-bond donors (Lipinski definition) is 1. The second kappa shape index (κ2) is 5.14. The van der Waals surface area contributed by atoms with Crippen molar-refractivity contribution in [2.24, 2.45) is 10.7 Å². The van der Waals surface area contributed by atoms with Gasteiger partial charge in [-0.1, -0.05) is 19.1 Å². The van der Waals surface area contributed by atoms with Gasteiger partial charge in [0.2, 0.25) is 0 Å². The van der Waals surface area contributed by atoms with Crippen LogP contribution in [0.1, 0.15) is 12.5 Å². The fraction of sp³-hybridized carbons (Fsp3) is 0.182. The Kier molecular flexibility index (Phi) is 3.76. The molecule has 0 radical (unpaired) electrons. The summed E-state index contributed by atoms with van der Waals surface area (Å²) in [6, 6.07) is 8.16. The van der Waals surface area contributed by atoms with Crippen LogP contribution in [-0.4, -0.2) is 6.21 Å². The summed E-state index contributed by atoms with van der Waals surface area (Å²) in [7, 11) is 0. The Labute approximate surface area is 78.8 Å². The molecule has 68 valence electrons. The first-order valence-electron chi connectivity index (χ1n) is 4.36. The largest absolute Gasteiger partial charge is 0.405 e. The number of nitrogens with two attached hydrogens (primary N) is 1. The molecule has 0 fully saturated rings. The summed E-state index contributed by atoms with van der Waals surface area (Å²) < 4.78 is 0. The molecule has 0 heterocycles. The van der Waals surface area contributed by atoms with Crippen molar-refractivity contribution in [2.45, 2.75) is 13.3 Å². The number of aryl methyl sites for hydroxylation is 1. The summed E-state index contributed by atoms with van der Waals surface area (Å²) in [4.78, 5) is 4.18. The van der Waals surface area contributed by atoms with Crippen LogP contribution in [0.3, 0.4) is 0 Å². The van der Waals surface area contributed by atoms with E-state index in [2.05, 4.69) is 24.0 Å². The molecule has 0 saturated heterocycles. The molecular formula is C11H14N2.